The molecule has 4 heteroatoms. The first-order valence-corrected chi connectivity index (χ1v) is 7.86. The third-order valence-corrected chi connectivity index (χ3v) is 4.13. The molecule has 0 aromatic heterocycles. The van der Waals surface area contributed by atoms with Crippen molar-refractivity contribution in [1.82, 2.24) is 0 Å². The van der Waals surface area contributed by atoms with Gasteiger partial charge in [-0.25, -0.2) is 4.79 Å². The molecule has 21 heavy (non-hydrogen) atoms. The summed E-state index contributed by atoms with van der Waals surface area (Å²) < 4.78 is 0. The van der Waals surface area contributed by atoms with Gasteiger partial charge in [-0.1, -0.05) is 43.3 Å². The number of rotatable bonds is 6. The minimum atomic E-state index is -0.874. The molecule has 0 atom stereocenters. The SMILES string of the molecule is CCSc1cccc(N(C)Cc2ccccc2)c1C(=O)O. The molecule has 0 aliphatic rings. The highest BCUT2D eigenvalue weighted by Crippen LogP contribution is 2.31. The number of thioether (sulfide) groups is 1. The molecule has 0 fully saturated rings. The molecule has 2 aromatic rings. The van der Waals surface area contributed by atoms with Gasteiger partial charge in [0.2, 0.25) is 0 Å². The molecular formula is C17H19NO2S. The van der Waals surface area contributed by atoms with Gasteiger partial charge in [0.05, 0.1) is 11.3 Å². The molecule has 0 saturated heterocycles. The number of anilines is 1. The highest BCUT2D eigenvalue weighted by atomic mass is 32.2. The monoisotopic (exact) mass is 301 g/mol. The minimum Gasteiger partial charge on any atom is -0.478 e. The first-order valence-electron chi connectivity index (χ1n) is 6.87. The maximum Gasteiger partial charge on any atom is 0.338 e. The predicted octanol–water partition coefficient (Wildman–Crippen LogP) is 4.13. The molecule has 2 rings (SSSR count). The Morgan fingerprint density at radius 2 is 1.86 bits per heavy atom. The van der Waals surface area contributed by atoms with Gasteiger partial charge in [0, 0.05) is 18.5 Å². The molecule has 1 N–H and O–H groups in total. The summed E-state index contributed by atoms with van der Waals surface area (Å²) in [4.78, 5) is 14.4. The summed E-state index contributed by atoms with van der Waals surface area (Å²) in [7, 11) is 1.93. The molecule has 110 valence electrons. The maximum absolute atomic E-state index is 11.6. The number of hydrogen-bond acceptors (Lipinski definition) is 3. The van der Waals surface area contributed by atoms with Crippen LogP contribution in [0, 0.1) is 0 Å². The molecule has 0 bridgehead atoms. The Morgan fingerprint density at radius 1 is 1.14 bits per heavy atom. The number of benzene rings is 2. The lowest BCUT2D eigenvalue weighted by Gasteiger charge is -2.22. The van der Waals surface area contributed by atoms with E-state index in [1.807, 2.05) is 67.4 Å². The Labute approximate surface area is 129 Å². The van der Waals surface area contributed by atoms with Gasteiger partial charge < -0.3 is 10.0 Å². The lowest BCUT2D eigenvalue weighted by molar-refractivity contribution is 0.0694. The fourth-order valence-corrected chi connectivity index (χ4v) is 3.09. The molecule has 0 spiro atoms. The number of carboxylic acids is 1. The number of carboxylic acid groups (broad SMARTS) is 1. The van der Waals surface area contributed by atoms with E-state index in [1.54, 1.807) is 11.8 Å². The van der Waals surface area contributed by atoms with Crippen molar-refractivity contribution in [3.63, 3.8) is 0 Å². The second kappa shape index (κ2) is 7.18. The number of hydrogen-bond donors (Lipinski definition) is 1. The molecule has 2 aromatic carbocycles. The fourth-order valence-electron chi connectivity index (χ4n) is 2.27. The first kappa shape index (κ1) is 15.4. The molecule has 0 amide bonds. The Kier molecular flexibility index (Phi) is 5.28. The molecule has 0 radical (unpaired) electrons. The Hall–Kier alpha value is -1.94. The number of carbonyl (C=O) groups is 1. The van der Waals surface area contributed by atoms with Gasteiger partial charge in [-0.15, -0.1) is 11.8 Å². The summed E-state index contributed by atoms with van der Waals surface area (Å²) in [5, 5.41) is 9.55. The highest BCUT2D eigenvalue weighted by molar-refractivity contribution is 7.99. The molecule has 0 unspecified atom stereocenters. The molecule has 3 nitrogen and oxygen atoms in total. The van der Waals surface area contributed by atoms with Crippen molar-refractivity contribution in [1.29, 1.82) is 0 Å². The summed E-state index contributed by atoms with van der Waals surface area (Å²) in [6.45, 7) is 2.71. The average molecular weight is 301 g/mol. The van der Waals surface area contributed by atoms with Crippen molar-refractivity contribution in [2.45, 2.75) is 18.4 Å². The van der Waals surface area contributed by atoms with E-state index in [1.165, 1.54) is 0 Å². The second-order valence-corrected chi connectivity index (χ2v) is 6.04. The van der Waals surface area contributed by atoms with Crippen LogP contribution in [0.2, 0.25) is 0 Å². The topological polar surface area (TPSA) is 40.5 Å². The van der Waals surface area contributed by atoms with Crippen LogP contribution in [0.25, 0.3) is 0 Å². The normalized spacial score (nSPS) is 10.4. The predicted molar refractivity (Wildman–Crippen MR) is 88.3 cm³/mol. The van der Waals surface area contributed by atoms with E-state index in [0.717, 1.165) is 21.9 Å². The van der Waals surface area contributed by atoms with Crippen LogP contribution in [0.1, 0.15) is 22.8 Å². The summed E-state index contributed by atoms with van der Waals surface area (Å²) >= 11 is 1.56. The molecule has 0 heterocycles. The first-order chi connectivity index (χ1) is 10.1. The van der Waals surface area contributed by atoms with Gasteiger partial charge in [0.15, 0.2) is 0 Å². The van der Waals surface area contributed by atoms with Crippen molar-refractivity contribution < 1.29 is 9.90 Å². The summed E-state index contributed by atoms with van der Waals surface area (Å²) in [5.74, 6) is -0.0203. The van der Waals surface area contributed by atoms with Crippen molar-refractivity contribution in [2.75, 3.05) is 17.7 Å². The smallest absolute Gasteiger partial charge is 0.338 e. The van der Waals surface area contributed by atoms with E-state index in [-0.39, 0.29) is 0 Å². The van der Waals surface area contributed by atoms with Gasteiger partial charge in [-0.2, -0.15) is 0 Å². The molecule has 0 saturated carbocycles. The highest BCUT2D eigenvalue weighted by Gasteiger charge is 2.18. The van der Waals surface area contributed by atoms with Crippen LogP contribution in [0.5, 0.6) is 0 Å². The van der Waals surface area contributed by atoms with Crippen LogP contribution in [-0.2, 0) is 6.54 Å². The molecular weight excluding hydrogens is 282 g/mol. The average Bonchev–Trinajstić information content (AvgIpc) is 2.48. The third kappa shape index (κ3) is 3.79. The second-order valence-electron chi connectivity index (χ2n) is 4.73. The van der Waals surface area contributed by atoms with Crippen molar-refractivity contribution in [3.05, 3.63) is 59.7 Å². The van der Waals surface area contributed by atoms with E-state index in [0.29, 0.717) is 12.1 Å². The van der Waals surface area contributed by atoms with Gasteiger partial charge in [0.1, 0.15) is 0 Å². The van der Waals surface area contributed by atoms with Crippen LogP contribution in [-0.4, -0.2) is 23.9 Å². The van der Waals surface area contributed by atoms with Crippen LogP contribution in [0.15, 0.2) is 53.4 Å². The van der Waals surface area contributed by atoms with Crippen LogP contribution >= 0.6 is 11.8 Å². The maximum atomic E-state index is 11.6. The minimum absolute atomic E-state index is 0.391. The number of nitrogens with zero attached hydrogens (tertiary/aromatic N) is 1. The van der Waals surface area contributed by atoms with Crippen molar-refractivity contribution in [3.8, 4) is 0 Å². The van der Waals surface area contributed by atoms with Crippen molar-refractivity contribution >= 4 is 23.4 Å². The summed E-state index contributed by atoms with van der Waals surface area (Å²) in [6, 6.07) is 15.7. The molecule has 0 aliphatic carbocycles. The largest absolute Gasteiger partial charge is 0.478 e. The van der Waals surface area contributed by atoms with E-state index in [9.17, 15) is 9.90 Å². The standard InChI is InChI=1S/C17H19NO2S/c1-3-21-15-11-7-10-14(16(15)17(19)20)18(2)12-13-8-5-4-6-9-13/h4-11H,3,12H2,1-2H3,(H,19,20). The van der Waals surface area contributed by atoms with Crippen LogP contribution in [0.4, 0.5) is 5.69 Å². The van der Waals surface area contributed by atoms with Gasteiger partial charge >= 0.3 is 5.97 Å². The Balaban J connectivity index is 2.34. The van der Waals surface area contributed by atoms with E-state index >= 15 is 0 Å². The van der Waals surface area contributed by atoms with Gasteiger partial charge in [-0.3, -0.25) is 0 Å². The van der Waals surface area contributed by atoms with Gasteiger partial charge in [0.25, 0.3) is 0 Å². The lowest BCUT2D eigenvalue weighted by Crippen LogP contribution is -2.19. The quantitative estimate of drug-likeness (QED) is 0.814. The van der Waals surface area contributed by atoms with Gasteiger partial charge in [-0.05, 0) is 23.4 Å². The van der Waals surface area contributed by atoms with E-state index in [2.05, 4.69) is 0 Å². The zero-order chi connectivity index (χ0) is 15.2. The van der Waals surface area contributed by atoms with Crippen LogP contribution in [0.3, 0.4) is 0 Å². The lowest BCUT2D eigenvalue weighted by atomic mass is 10.1. The van der Waals surface area contributed by atoms with E-state index < -0.39 is 5.97 Å². The summed E-state index contributed by atoms with van der Waals surface area (Å²) in [6.07, 6.45) is 0. The zero-order valence-corrected chi connectivity index (χ0v) is 13.1. The van der Waals surface area contributed by atoms with E-state index in [4.69, 9.17) is 0 Å². The zero-order valence-electron chi connectivity index (χ0n) is 12.2. The third-order valence-electron chi connectivity index (χ3n) is 3.19. The number of aromatic carboxylic acids is 1. The fraction of sp³-hybridized carbons (Fsp3) is 0.235. The Bertz CT molecular complexity index is 613. The van der Waals surface area contributed by atoms with Crippen molar-refractivity contribution in [2.24, 2.45) is 0 Å². The molecule has 0 aliphatic heterocycles. The Morgan fingerprint density at radius 3 is 2.48 bits per heavy atom. The van der Waals surface area contributed by atoms with Crippen LogP contribution < -0.4 is 4.90 Å². The summed E-state index contributed by atoms with van der Waals surface area (Å²) in [5.41, 5.74) is 2.30.